The molecule has 1 aliphatic heterocycles. The highest BCUT2D eigenvalue weighted by atomic mass is 16.6. The molecule has 4 aliphatic rings. The summed E-state index contributed by atoms with van der Waals surface area (Å²) in [5, 5.41) is 25.4. The summed E-state index contributed by atoms with van der Waals surface area (Å²) in [7, 11) is 1.58. The first-order chi connectivity index (χ1) is 15.8. The Balaban J connectivity index is 1.75. The first-order valence-corrected chi connectivity index (χ1v) is 12.7. The van der Waals surface area contributed by atoms with Gasteiger partial charge in [0.25, 0.3) is 0 Å². The molecule has 0 aromatic rings. The summed E-state index contributed by atoms with van der Waals surface area (Å²) >= 11 is 0. The lowest BCUT2D eigenvalue weighted by Crippen LogP contribution is -2.63. The average Bonchev–Trinajstić information content (AvgIpc) is 3.05. The molecule has 1 heterocycles. The summed E-state index contributed by atoms with van der Waals surface area (Å²) < 4.78 is 11.2. The molecule has 1 amide bonds. The fourth-order valence-electron chi connectivity index (χ4n) is 7.92. The van der Waals surface area contributed by atoms with Gasteiger partial charge >= 0.3 is 12.1 Å². The van der Waals surface area contributed by atoms with E-state index in [1.54, 1.807) is 14.0 Å². The van der Waals surface area contributed by atoms with E-state index in [0.717, 1.165) is 19.3 Å². The fraction of sp³-hybridized carbons (Fsp3) is 0.778. The van der Waals surface area contributed by atoms with Gasteiger partial charge in [-0.1, -0.05) is 39.0 Å². The Kier molecular flexibility index (Phi) is 6.43. The Bertz CT molecular complexity index is 898. The highest BCUT2D eigenvalue weighted by Gasteiger charge is 2.62. The molecule has 2 saturated carbocycles. The van der Waals surface area contributed by atoms with E-state index in [0.29, 0.717) is 17.9 Å². The zero-order valence-corrected chi connectivity index (χ0v) is 21.3. The summed E-state index contributed by atoms with van der Waals surface area (Å²) in [4.78, 5) is 24.6. The molecule has 3 N–H and O–H groups in total. The van der Waals surface area contributed by atoms with Crippen LogP contribution in [0.15, 0.2) is 23.8 Å². The third-order valence-corrected chi connectivity index (χ3v) is 9.68. The van der Waals surface area contributed by atoms with E-state index in [-0.39, 0.29) is 35.2 Å². The summed E-state index contributed by atoms with van der Waals surface area (Å²) in [5.41, 5.74) is 0.0457. The molecule has 10 atom stereocenters. The molecule has 0 aromatic heterocycles. The van der Waals surface area contributed by atoms with Crippen LogP contribution in [0.2, 0.25) is 0 Å². The second-order valence-electron chi connectivity index (χ2n) is 11.8. The van der Waals surface area contributed by atoms with E-state index >= 15 is 0 Å². The summed E-state index contributed by atoms with van der Waals surface area (Å²) in [6, 6.07) is 0. The molecule has 0 spiro atoms. The Hall–Kier alpha value is -1.86. The van der Waals surface area contributed by atoms with Gasteiger partial charge in [-0.2, -0.15) is 0 Å². The maximum absolute atomic E-state index is 12.4. The van der Waals surface area contributed by atoms with Crippen LogP contribution in [0.3, 0.4) is 0 Å². The SMILES string of the molecule is C=C1C2CC3C(C(C)C)C(OC(=O)NC)CC3(C)CC2/C(C)=C\CC2C(C)OC(=O)C(O)C12O. The van der Waals surface area contributed by atoms with Gasteiger partial charge in [-0.05, 0) is 74.2 Å². The van der Waals surface area contributed by atoms with Gasteiger partial charge in [0.05, 0.1) is 0 Å². The van der Waals surface area contributed by atoms with Crippen LogP contribution in [0.25, 0.3) is 0 Å². The Morgan fingerprint density at radius 1 is 1.29 bits per heavy atom. The molecule has 7 heteroatoms. The maximum atomic E-state index is 12.4. The number of aliphatic hydroxyl groups is 2. The standard InChI is InChI=1S/C27H41NO6/c1-13(2)22-20-10-17-15(4)27(32)19(16(5)33-24(30)23(27)29)9-8-14(3)18(17)11-26(20,6)12-21(22)34-25(31)28-7/h8,13,16-23,29,32H,4,9-12H2,1-3,5-7H3,(H,28,31)/b14-8-. The van der Waals surface area contributed by atoms with E-state index in [1.807, 2.05) is 0 Å². The van der Waals surface area contributed by atoms with Crippen molar-refractivity contribution in [2.24, 2.45) is 40.9 Å². The van der Waals surface area contributed by atoms with Gasteiger partial charge in [-0.15, -0.1) is 0 Å². The molecule has 0 radical (unpaired) electrons. The third kappa shape index (κ3) is 3.70. The van der Waals surface area contributed by atoms with E-state index in [4.69, 9.17) is 9.47 Å². The lowest BCUT2D eigenvalue weighted by molar-refractivity contribution is -0.209. The maximum Gasteiger partial charge on any atom is 0.407 e. The number of allylic oxidation sites excluding steroid dienone is 2. The number of rotatable bonds is 2. The highest BCUT2D eigenvalue weighted by molar-refractivity contribution is 5.78. The van der Waals surface area contributed by atoms with Crippen LogP contribution >= 0.6 is 0 Å². The van der Waals surface area contributed by atoms with Crippen LogP contribution in [0.5, 0.6) is 0 Å². The van der Waals surface area contributed by atoms with E-state index in [1.165, 1.54) is 5.57 Å². The van der Waals surface area contributed by atoms with Crippen molar-refractivity contribution >= 4 is 12.1 Å². The van der Waals surface area contributed by atoms with Gasteiger partial charge in [-0.25, -0.2) is 9.59 Å². The number of fused-ring (bicyclic) bond motifs is 3. The van der Waals surface area contributed by atoms with Gasteiger partial charge < -0.3 is 25.0 Å². The van der Waals surface area contributed by atoms with Crippen molar-refractivity contribution in [3.8, 4) is 0 Å². The smallest absolute Gasteiger partial charge is 0.407 e. The van der Waals surface area contributed by atoms with Crippen LogP contribution in [0.1, 0.15) is 60.3 Å². The quantitative estimate of drug-likeness (QED) is 0.416. The van der Waals surface area contributed by atoms with Crippen molar-refractivity contribution in [1.29, 1.82) is 0 Å². The molecule has 34 heavy (non-hydrogen) atoms. The Morgan fingerprint density at radius 2 is 1.97 bits per heavy atom. The second-order valence-corrected chi connectivity index (χ2v) is 11.8. The fourth-order valence-corrected chi connectivity index (χ4v) is 7.92. The normalized spacial score (nSPS) is 47.9. The summed E-state index contributed by atoms with van der Waals surface area (Å²) in [6.07, 6.45) is 2.37. The van der Waals surface area contributed by atoms with E-state index in [9.17, 15) is 19.8 Å². The van der Waals surface area contributed by atoms with Gasteiger partial charge in [0, 0.05) is 18.9 Å². The summed E-state index contributed by atoms with van der Waals surface area (Å²) in [6.45, 7) is 14.9. The highest BCUT2D eigenvalue weighted by Crippen LogP contribution is 2.63. The van der Waals surface area contributed by atoms with Crippen LogP contribution in [0, 0.1) is 40.9 Å². The summed E-state index contributed by atoms with van der Waals surface area (Å²) in [5.74, 6) is -0.435. The lowest BCUT2D eigenvalue weighted by atomic mass is 9.53. The number of aliphatic hydroxyl groups excluding tert-OH is 1. The molecule has 1 saturated heterocycles. The number of carbonyl (C=O) groups is 2. The Labute approximate surface area is 203 Å². The van der Waals surface area contributed by atoms with Crippen molar-refractivity contribution < 1.29 is 29.3 Å². The van der Waals surface area contributed by atoms with Crippen molar-refractivity contribution in [1.82, 2.24) is 5.32 Å². The van der Waals surface area contributed by atoms with Crippen LogP contribution < -0.4 is 5.32 Å². The molecular formula is C27H41NO6. The number of cyclic esters (lactones) is 1. The molecule has 10 unspecified atom stereocenters. The van der Waals surface area contributed by atoms with Gasteiger partial charge in [0.2, 0.25) is 0 Å². The number of amides is 1. The molecule has 0 bridgehead atoms. The number of alkyl carbamates (subject to hydrolysis) is 1. The first kappa shape index (κ1) is 25.2. The lowest BCUT2D eigenvalue weighted by Gasteiger charge is -2.54. The van der Waals surface area contributed by atoms with Crippen LogP contribution in [-0.4, -0.2) is 53.2 Å². The van der Waals surface area contributed by atoms with Crippen LogP contribution in [0.4, 0.5) is 4.79 Å². The predicted molar refractivity (Wildman–Crippen MR) is 128 cm³/mol. The molecule has 3 aliphatic carbocycles. The number of nitrogens with one attached hydrogen (secondary N) is 1. The predicted octanol–water partition coefficient (Wildman–Crippen LogP) is 3.60. The molecule has 4 rings (SSSR count). The van der Waals surface area contributed by atoms with Crippen molar-refractivity contribution in [2.75, 3.05) is 7.05 Å². The minimum atomic E-state index is -1.73. The van der Waals surface area contributed by atoms with Crippen LogP contribution in [-0.2, 0) is 14.3 Å². The van der Waals surface area contributed by atoms with Gasteiger partial charge in [0.1, 0.15) is 17.8 Å². The number of ether oxygens (including phenoxy) is 2. The van der Waals surface area contributed by atoms with Gasteiger partial charge in [-0.3, -0.25) is 0 Å². The number of esters is 1. The molecule has 3 fully saturated rings. The topological polar surface area (TPSA) is 105 Å². The number of hydrogen-bond acceptors (Lipinski definition) is 6. The Morgan fingerprint density at radius 3 is 2.59 bits per heavy atom. The monoisotopic (exact) mass is 475 g/mol. The number of carbonyl (C=O) groups excluding carboxylic acids is 2. The number of hydrogen-bond donors (Lipinski definition) is 3. The van der Waals surface area contributed by atoms with Gasteiger partial charge in [0.15, 0.2) is 6.10 Å². The zero-order chi connectivity index (χ0) is 25.2. The largest absolute Gasteiger partial charge is 0.460 e. The van der Waals surface area contributed by atoms with E-state index in [2.05, 4.69) is 45.7 Å². The third-order valence-electron chi connectivity index (χ3n) is 9.68. The minimum Gasteiger partial charge on any atom is -0.460 e. The van der Waals surface area contributed by atoms with Crippen molar-refractivity contribution in [3.05, 3.63) is 23.8 Å². The minimum absolute atomic E-state index is 0.0250. The van der Waals surface area contributed by atoms with E-state index < -0.39 is 35.8 Å². The zero-order valence-electron chi connectivity index (χ0n) is 21.3. The van der Waals surface area contributed by atoms with Crippen molar-refractivity contribution in [3.63, 3.8) is 0 Å². The molecular weight excluding hydrogens is 434 g/mol. The molecule has 0 aromatic carbocycles. The first-order valence-electron chi connectivity index (χ1n) is 12.7. The molecule has 190 valence electrons. The van der Waals surface area contributed by atoms with Crippen molar-refractivity contribution in [2.45, 2.75) is 84.2 Å². The average molecular weight is 476 g/mol. The molecule has 7 nitrogen and oxygen atoms in total. The second kappa shape index (κ2) is 8.66.